The fourth-order valence-corrected chi connectivity index (χ4v) is 1.88. The van der Waals surface area contributed by atoms with E-state index in [2.05, 4.69) is 5.32 Å². The van der Waals surface area contributed by atoms with Crippen LogP contribution in [-0.2, 0) is 17.4 Å². The SMILES string of the molecule is O=CC1NCCc2ccc(C(F)(F)F)cc21. The molecular weight excluding hydrogens is 219 g/mol. The number of hydrogen-bond acceptors (Lipinski definition) is 2. The smallest absolute Gasteiger partial charge is 0.304 e. The van der Waals surface area contributed by atoms with Crippen molar-refractivity contribution in [3.63, 3.8) is 0 Å². The van der Waals surface area contributed by atoms with E-state index in [0.29, 0.717) is 24.8 Å². The first-order chi connectivity index (χ1) is 7.52. The monoisotopic (exact) mass is 229 g/mol. The topological polar surface area (TPSA) is 29.1 Å². The van der Waals surface area contributed by atoms with Gasteiger partial charge in [0.1, 0.15) is 6.29 Å². The highest BCUT2D eigenvalue weighted by molar-refractivity contribution is 5.63. The molecule has 1 aliphatic rings. The van der Waals surface area contributed by atoms with Crippen molar-refractivity contribution in [1.82, 2.24) is 5.32 Å². The summed E-state index contributed by atoms with van der Waals surface area (Å²) < 4.78 is 37.4. The maximum Gasteiger partial charge on any atom is 0.416 e. The number of alkyl halides is 3. The predicted molar refractivity (Wildman–Crippen MR) is 52.0 cm³/mol. The molecule has 0 saturated heterocycles. The molecule has 0 amide bonds. The lowest BCUT2D eigenvalue weighted by Crippen LogP contribution is -2.31. The molecule has 1 aromatic carbocycles. The van der Waals surface area contributed by atoms with Gasteiger partial charge in [0.2, 0.25) is 0 Å². The zero-order chi connectivity index (χ0) is 11.8. The van der Waals surface area contributed by atoms with E-state index in [1.54, 1.807) is 0 Å². The first-order valence-corrected chi connectivity index (χ1v) is 4.91. The molecule has 0 spiro atoms. The van der Waals surface area contributed by atoms with Crippen LogP contribution in [0.5, 0.6) is 0 Å². The van der Waals surface area contributed by atoms with Crippen molar-refractivity contribution in [2.24, 2.45) is 0 Å². The van der Waals surface area contributed by atoms with E-state index in [1.807, 2.05) is 0 Å². The van der Waals surface area contributed by atoms with Gasteiger partial charge in [-0.3, -0.25) is 0 Å². The Hall–Kier alpha value is -1.36. The molecule has 1 atom stereocenters. The van der Waals surface area contributed by atoms with Crippen LogP contribution in [0.3, 0.4) is 0 Å². The van der Waals surface area contributed by atoms with E-state index < -0.39 is 17.8 Å². The van der Waals surface area contributed by atoms with Gasteiger partial charge >= 0.3 is 6.18 Å². The van der Waals surface area contributed by atoms with Crippen LogP contribution >= 0.6 is 0 Å². The van der Waals surface area contributed by atoms with Crippen LogP contribution in [0.4, 0.5) is 13.2 Å². The molecule has 1 heterocycles. The molecule has 2 rings (SSSR count). The van der Waals surface area contributed by atoms with Gasteiger partial charge in [-0.25, -0.2) is 0 Å². The molecule has 2 nitrogen and oxygen atoms in total. The highest BCUT2D eigenvalue weighted by Crippen LogP contribution is 2.32. The van der Waals surface area contributed by atoms with E-state index in [4.69, 9.17) is 0 Å². The number of carbonyl (C=O) groups is 1. The summed E-state index contributed by atoms with van der Waals surface area (Å²) >= 11 is 0. The minimum Gasteiger partial charge on any atom is -0.304 e. The summed E-state index contributed by atoms with van der Waals surface area (Å²) in [6.07, 6.45) is -3.07. The number of rotatable bonds is 1. The van der Waals surface area contributed by atoms with Crippen LogP contribution in [0.25, 0.3) is 0 Å². The van der Waals surface area contributed by atoms with Crippen LogP contribution in [0, 0.1) is 0 Å². The van der Waals surface area contributed by atoms with Gasteiger partial charge in [0, 0.05) is 6.54 Å². The second kappa shape index (κ2) is 3.90. The van der Waals surface area contributed by atoms with Gasteiger partial charge in [0.05, 0.1) is 11.6 Å². The summed E-state index contributed by atoms with van der Waals surface area (Å²) in [6.45, 7) is 0.613. The molecule has 1 N–H and O–H groups in total. The third-order valence-corrected chi connectivity index (χ3v) is 2.70. The van der Waals surface area contributed by atoms with Gasteiger partial charge in [-0.1, -0.05) is 6.07 Å². The molecule has 1 aromatic rings. The average Bonchev–Trinajstić information content (AvgIpc) is 2.26. The molecule has 5 heteroatoms. The highest BCUT2D eigenvalue weighted by Gasteiger charge is 2.32. The van der Waals surface area contributed by atoms with Crippen LogP contribution in [-0.4, -0.2) is 12.8 Å². The van der Waals surface area contributed by atoms with E-state index in [9.17, 15) is 18.0 Å². The summed E-state index contributed by atoms with van der Waals surface area (Å²) in [6, 6.07) is 2.95. The number of fused-ring (bicyclic) bond motifs is 1. The Kier molecular flexibility index (Phi) is 2.71. The quantitative estimate of drug-likeness (QED) is 0.747. The molecule has 16 heavy (non-hydrogen) atoms. The third kappa shape index (κ3) is 1.95. The van der Waals surface area contributed by atoms with Crippen molar-refractivity contribution < 1.29 is 18.0 Å². The molecule has 86 valence electrons. The molecule has 1 unspecified atom stereocenters. The number of nitrogens with one attached hydrogen (secondary N) is 1. The van der Waals surface area contributed by atoms with E-state index in [0.717, 1.165) is 17.7 Å². The lowest BCUT2D eigenvalue weighted by molar-refractivity contribution is -0.137. The number of halogens is 3. The fourth-order valence-electron chi connectivity index (χ4n) is 1.88. The third-order valence-electron chi connectivity index (χ3n) is 2.70. The van der Waals surface area contributed by atoms with Crippen molar-refractivity contribution in [2.45, 2.75) is 18.6 Å². The van der Waals surface area contributed by atoms with Gasteiger partial charge in [-0.15, -0.1) is 0 Å². The number of benzene rings is 1. The molecule has 0 aromatic heterocycles. The van der Waals surface area contributed by atoms with E-state index in [1.165, 1.54) is 6.07 Å². The zero-order valence-corrected chi connectivity index (χ0v) is 8.34. The van der Waals surface area contributed by atoms with Gasteiger partial charge in [-0.05, 0) is 29.7 Å². The molecular formula is C11H10F3NO. The summed E-state index contributed by atoms with van der Waals surface area (Å²) in [5.41, 5.74) is 0.543. The molecule has 0 radical (unpaired) electrons. The van der Waals surface area contributed by atoms with Crippen molar-refractivity contribution in [2.75, 3.05) is 6.54 Å². The molecule has 0 aliphatic carbocycles. The highest BCUT2D eigenvalue weighted by atomic mass is 19.4. The van der Waals surface area contributed by atoms with Gasteiger partial charge < -0.3 is 10.1 Å². The van der Waals surface area contributed by atoms with Gasteiger partial charge in [0.15, 0.2) is 0 Å². The molecule has 0 saturated carbocycles. The van der Waals surface area contributed by atoms with Crippen molar-refractivity contribution in [1.29, 1.82) is 0 Å². The first-order valence-electron chi connectivity index (χ1n) is 4.91. The second-order valence-corrected chi connectivity index (χ2v) is 3.73. The lowest BCUT2D eigenvalue weighted by Gasteiger charge is -2.23. The van der Waals surface area contributed by atoms with E-state index >= 15 is 0 Å². The standard InChI is InChI=1S/C11H10F3NO/c12-11(13,14)8-2-1-7-3-4-15-10(6-16)9(7)5-8/h1-2,5-6,10,15H,3-4H2. The fraction of sp³-hybridized carbons (Fsp3) is 0.364. The minimum atomic E-state index is -4.36. The Morgan fingerprint density at radius 3 is 2.75 bits per heavy atom. The number of aldehydes is 1. The lowest BCUT2D eigenvalue weighted by atomic mass is 9.93. The molecule has 1 aliphatic heterocycles. The largest absolute Gasteiger partial charge is 0.416 e. The average molecular weight is 229 g/mol. The van der Waals surface area contributed by atoms with Gasteiger partial charge in [-0.2, -0.15) is 13.2 Å². The molecule has 0 bridgehead atoms. The van der Waals surface area contributed by atoms with Crippen molar-refractivity contribution in [3.8, 4) is 0 Å². The maximum atomic E-state index is 12.5. The van der Waals surface area contributed by atoms with Crippen LogP contribution < -0.4 is 5.32 Å². The Labute approximate surface area is 90.5 Å². The van der Waals surface area contributed by atoms with Crippen molar-refractivity contribution >= 4 is 6.29 Å². The van der Waals surface area contributed by atoms with Crippen LogP contribution in [0.1, 0.15) is 22.7 Å². The Balaban J connectivity index is 2.46. The Bertz CT molecular complexity index is 414. The van der Waals surface area contributed by atoms with Crippen molar-refractivity contribution in [3.05, 3.63) is 34.9 Å². The Morgan fingerprint density at radius 2 is 2.12 bits per heavy atom. The Morgan fingerprint density at radius 1 is 1.38 bits per heavy atom. The van der Waals surface area contributed by atoms with Gasteiger partial charge in [0.25, 0.3) is 0 Å². The minimum absolute atomic E-state index is 0.441. The summed E-state index contributed by atoms with van der Waals surface area (Å²) in [7, 11) is 0. The number of hydrogen-bond donors (Lipinski definition) is 1. The summed E-state index contributed by atoms with van der Waals surface area (Å²) in [4.78, 5) is 10.7. The zero-order valence-electron chi connectivity index (χ0n) is 8.34. The van der Waals surface area contributed by atoms with Crippen LogP contribution in [0.15, 0.2) is 18.2 Å². The maximum absolute atomic E-state index is 12.5. The normalized spacial score (nSPS) is 20.3. The summed E-state index contributed by atoms with van der Waals surface area (Å²) in [5.74, 6) is 0. The van der Waals surface area contributed by atoms with E-state index in [-0.39, 0.29) is 0 Å². The number of carbonyl (C=O) groups excluding carboxylic acids is 1. The molecule has 0 fully saturated rings. The van der Waals surface area contributed by atoms with Crippen LogP contribution in [0.2, 0.25) is 0 Å². The first kappa shape index (κ1) is 11.1. The second-order valence-electron chi connectivity index (χ2n) is 3.73. The predicted octanol–water partition coefficient (Wildman–Crippen LogP) is 2.09. The summed E-state index contributed by atoms with van der Waals surface area (Å²) in [5, 5.41) is 2.87.